The zero-order chi connectivity index (χ0) is 27.5. The van der Waals surface area contributed by atoms with Crippen LogP contribution < -0.4 is 0 Å². The van der Waals surface area contributed by atoms with Crippen LogP contribution in [-0.2, 0) is 17.9 Å². The van der Waals surface area contributed by atoms with E-state index < -0.39 is 5.97 Å². The zero-order valence-electron chi connectivity index (χ0n) is 23.3. The molecule has 5 aromatic rings. The molecule has 1 atom stereocenters. The molecular formula is C35H37NO2S. The van der Waals surface area contributed by atoms with Gasteiger partial charge in [0.25, 0.3) is 0 Å². The Bertz CT molecular complexity index is 1620. The molecule has 0 aliphatic heterocycles. The molecule has 4 heteroatoms. The van der Waals surface area contributed by atoms with E-state index in [0.29, 0.717) is 6.42 Å². The summed E-state index contributed by atoms with van der Waals surface area (Å²) in [5.41, 5.74) is 7.68. The highest BCUT2D eigenvalue weighted by molar-refractivity contribution is 7.26. The van der Waals surface area contributed by atoms with Crippen molar-refractivity contribution in [3.05, 3.63) is 107 Å². The second-order valence-electron chi connectivity index (χ2n) is 11.0. The lowest BCUT2D eigenvalue weighted by Gasteiger charge is -2.27. The van der Waals surface area contributed by atoms with Crippen LogP contribution in [0.15, 0.2) is 84.9 Å². The van der Waals surface area contributed by atoms with Crippen LogP contribution in [-0.4, -0.2) is 22.5 Å². The van der Waals surface area contributed by atoms with E-state index in [1.165, 1.54) is 53.6 Å². The van der Waals surface area contributed by atoms with E-state index in [9.17, 15) is 9.90 Å². The zero-order valence-corrected chi connectivity index (χ0v) is 24.1. The Morgan fingerprint density at radius 1 is 0.795 bits per heavy atom. The number of carboxylic acids is 1. The summed E-state index contributed by atoms with van der Waals surface area (Å²) in [5, 5.41) is 12.5. The molecule has 1 unspecified atom stereocenters. The van der Waals surface area contributed by atoms with Gasteiger partial charge >= 0.3 is 5.97 Å². The molecule has 0 bridgehead atoms. The molecule has 0 amide bonds. The SMILES string of the molecule is Cc1ccccc1-c1cccc(CN(CCC(C(=O)O)C(C)C)Cc2cccc3c2sc2ccccc23)c1C. The average Bonchev–Trinajstić information content (AvgIpc) is 3.30. The van der Waals surface area contributed by atoms with E-state index in [-0.39, 0.29) is 11.8 Å². The second-order valence-corrected chi connectivity index (χ2v) is 12.0. The minimum Gasteiger partial charge on any atom is -0.481 e. The van der Waals surface area contributed by atoms with E-state index in [1.807, 2.05) is 25.2 Å². The first-order valence-corrected chi connectivity index (χ1v) is 14.6. The number of hydrogen-bond acceptors (Lipinski definition) is 3. The van der Waals surface area contributed by atoms with Gasteiger partial charge in [0, 0.05) is 33.3 Å². The summed E-state index contributed by atoms with van der Waals surface area (Å²) in [6, 6.07) is 30.4. The number of carboxylic acid groups (broad SMARTS) is 1. The molecule has 1 N–H and O–H groups in total. The van der Waals surface area contributed by atoms with Crippen LogP contribution in [0.25, 0.3) is 31.3 Å². The summed E-state index contributed by atoms with van der Waals surface area (Å²) in [6.45, 7) is 10.7. The van der Waals surface area contributed by atoms with Gasteiger partial charge in [0.05, 0.1) is 5.92 Å². The molecule has 1 heterocycles. The predicted molar refractivity (Wildman–Crippen MR) is 165 cm³/mol. The van der Waals surface area contributed by atoms with Gasteiger partial charge < -0.3 is 5.11 Å². The molecule has 200 valence electrons. The van der Waals surface area contributed by atoms with Crippen molar-refractivity contribution in [1.82, 2.24) is 4.90 Å². The van der Waals surface area contributed by atoms with E-state index in [2.05, 4.69) is 104 Å². The number of carbonyl (C=O) groups is 1. The first-order valence-electron chi connectivity index (χ1n) is 13.8. The lowest BCUT2D eigenvalue weighted by atomic mass is 9.91. The molecule has 1 aromatic heterocycles. The van der Waals surface area contributed by atoms with Crippen LogP contribution in [0.4, 0.5) is 0 Å². The standard InChI is InChI=1S/C35H37NO2S/c1-23(2)28(35(37)38)19-20-36(21-26-12-9-16-30(25(26)4)29-14-6-5-11-24(29)3)22-27-13-10-17-32-31-15-7-8-18-33(31)39-34(27)32/h5-18,23,28H,19-22H2,1-4H3,(H,37,38). The fourth-order valence-corrected chi connectivity index (χ4v) is 6.92. The summed E-state index contributed by atoms with van der Waals surface area (Å²) in [5.74, 6) is -0.956. The van der Waals surface area contributed by atoms with Crippen LogP contribution in [0, 0.1) is 25.7 Å². The first-order chi connectivity index (χ1) is 18.8. The van der Waals surface area contributed by atoms with Crippen molar-refractivity contribution >= 4 is 37.5 Å². The van der Waals surface area contributed by atoms with E-state index in [4.69, 9.17) is 0 Å². The second kappa shape index (κ2) is 11.7. The van der Waals surface area contributed by atoms with E-state index in [1.54, 1.807) is 0 Å². The summed E-state index contributed by atoms with van der Waals surface area (Å²) in [6.07, 6.45) is 0.631. The van der Waals surface area contributed by atoms with Gasteiger partial charge in [0.15, 0.2) is 0 Å². The molecule has 0 spiro atoms. The lowest BCUT2D eigenvalue weighted by molar-refractivity contribution is -0.143. The fourth-order valence-electron chi connectivity index (χ4n) is 5.71. The van der Waals surface area contributed by atoms with Crippen molar-refractivity contribution in [3.8, 4) is 11.1 Å². The van der Waals surface area contributed by atoms with Crippen molar-refractivity contribution < 1.29 is 9.90 Å². The first kappa shape index (κ1) is 27.1. The van der Waals surface area contributed by atoms with Gasteiger partial charge in [-0.25, -0.2) is 0 Å². The van der Waals surface area contributed by atoms with Gasteiger partial charge in [-0.05, 0) is 72.2 Å². The quantitative estimate of drug-likeness (QED) is 0.194. The van der Waals surface area contributed by atoms with Crippen LogP contribution in [0.5, 0.6) is 0 Å². The third kappa shape index (κ3) is 5.78. The minimum atomic E-state index is -0.700. The van der Waals surface area contributed by atoms with Crippen molar-refractivity contribution in [1.29, 1.82) is 0 Å². The van der Waals surface area contributed by atoms with E-state index >= 15 is 0 Å². The normalized spacial score (nSPS) is 12.6. The molecule has 0 fully saturated rings. The summed E-state index contributed by atoms with van der Waals surface area (Å²) in [7, 11) is 0. The molecule has 0 radical (unpaired) electrons. The van der Waals surface area contributed by atoms with Gasteiger partial charge in [0.1, 0.15) is 0 Å². The summed E-state index contributed by atoms with van der Waals surface area (Å²) in [4.78, 5) is 14.5. The molecule has 5 rings (SSSR count). The maximum absolute atomic E-state index is 12.0. The number of nitrogens with zero attached hydrogens (tertiary/aromatic N) is 1. The lowest BCUT2D eigenvalue weighted by Crippen LogP contribution is -2.29. The number of aliphatic carboxylic acids is 1. The number of fused-ring (bicyclic) bond motifs is 3. The third-order valence-electron chi connectivity index (χ3n) is 8.03. The monoisotopic (exact) mass is 535 g/mol. The fraction of sp³-hybridized carbons (Fsp3) is 0.286. The maximum Gasteiger partial charge on any atom is 0.306 e. The number of benzene rings is 4. The molecule has 0 aliphatic carbocycles. The molecule has 4 aromatic carbocycles. The van der Waals surface area contributed by atoms with Gasteiger partial charge in [-0.2, -0.15) is 0 Å². The van der Waals surface area contributed by atoms with Crippen molar-refractivity contribution in [3.63, 3.8) is 0 Å². The highest BCUT2D eigenvalue weighted by Crippen LogP contribution is 2.36. The van der Waals surface area contributed by atoms with Crippen LogP contribution in [0.1, 0.15) is 42.5 Å². The topological polar surface area (TPSA) is 40.5 Å². The highest BCUT2D eigenvalue weighted by atomic mass is 32.1. The number of hydrogen-bond donors (Lipinski definition) is 1. The largest absolute Gasteiger partial charge is 0.481 e. The Labute approximate surface area is 235 Å². The molecule has 0 saturated heterocycles. The Morgan fingerprint density at radius 3 is 2.21 bits per heavy atom. The van der Waals surface area contributed by atoms with Crippen LogP contribution >= 0.6 is 11.3 Å². The van der Waals surface area contributed by atoms with E-state index in [0.717, 1.165) is 19.6 Å². The Kier molecular flexibility index (Phi) is 8.15. The number of aryl methyl sites for hydroxylation is 1. The van der Waals surface area contributed by atoms with Gasteiger partial charge in [-0.1, -0.05) is 92.7 Å². The predicted octanol–water partition coefficient (Wildman–Crippen LogP) is 9.09. The third-order valence-corrected chi connectivity index (χ3v) is 9.30. The Balaban J connectivity index is 1.50. The molecule has 0 aliphatic rings. The van der Waals surface area contributed by atoms with Crippen molar-refractivity contribution in [2.75, 3.05) is 6.54 Å². The van der Waals surface area contributed by atoms with Gasteiger partial charge in [-0.15, -0.1) is 11.3 Å². The van der Waals surface area contributed by atoms with Crippen LogP contribution in [0.3, 0.4) is 0 Å². The Morgan fingerprint density at radius 2 is 1.44 bits per heavy atom. The van der Waals surface area contributed by atoms with Crippen molar-refractivity contribution in [2.24, 2.45) is 11.8 Å². The van der Waals surface area contributed by atoms with Crippen molar-refractivity contribution in [2.45, 2.75) is 47.2 Å². The van der Waals surface area contributed by atoms with Crippen LogP contribution in [0.2, 0.25) is 0 Å². The molecule has 3 nitrogen and oxygen atoms in total. The van der Waals surface area contributed by atoms with Gasteiger partial charge in [0.2, 0.25) is 0 Å². The minimum absolute atomic E-state index is 0.0986. The summed E-state index contributed by atoms with van der Waals surface area (Å²) >= 11 is 1.85. The summed E-state index contributed by atoms with van der Waals surface area (Å²) < 4.78 is 2.63. The smallest absolute Gasteiger partial charge is 0.306 e. The number of rotatable bonds is 10. The van der Waals surface area contributed by atoms with Gasteiger partial charge in [-0.3, -0.25) is 9.69 Å². The number of thiophene rings is 1. The molecule has 39 heavy (non-hydrogen) atoms. The maximum atomic E-state index is 12.0. The highest BCUT2D eigenvalue weighted by Gasteiger charge is 2.23. The molecular weight excluding hydrogens is 498 g/mol. The average molecular weight is 536 g/mol. The Hall–Kier alpha value is -3.47. The molecule has 0 saturated carbocycles.